The maximum Gasteiger partial charge on any atom is 0.00674 e. The van der Waals surface area contributed by atoms with Crippen molar-refractivity contribution in [2.45, 2.75) is 58.9 Å². The largest absolute Gasteiger partial charge is 0.314 e. The van der Waals surface area contributed by atoms with Crippen LogP contribution in [0.15, 0.2) is 0 Å². The van der Waals surface area contributed by atoms with Crippen molar-refractivity contribution in [3.63, 3.8) is 0 Å². The summed E-state index contributed by atoms with van der Waals surface area (Å²) in [7, 11) is 0. The highest BCUT2D eigenvalue weighted by Gasteiger charge is 2.25. The van der Waals surface area contributed by atoms with Crippen LogP contribution in [0.3, 0.4) is 0 Å². The molecular formula is C11H23N. The van der Waals surface area contributed by atoms with Gasteiger partial charge in [0.1, 0.15) is 0 Å². The molecule has 1 saturated carbocycles. The van der Waals surface area contributed by atoms with Crippen molar-refractivity contribution in [3.05, 3.63) is 0 Å². The minimum atomic E-state index is 0.615. The predicted molar refractivity (Wildman–Crippen MR) is 54.3 cm³/mol. The Morgan fingerprint density at radius 2 is 1.83 bits per heavy atom. The van der Waals surface area contributed by atoms with E-state index in [0.29, 0.717) is 5.41 Å². The second kappa shape index (κ2) is 4.27. The number of hydrogen-bond donors (Lipinski definition) is 1. The van der Waals surface area contributed by atoms with Gasteiger partial charge in [-0.3, -0.25) is 0 Å². The first kappa shape index (κ1) is 10.0. The zero-order valence-corrected chi connectivity index (χ0v) is 8.82. The first-order valence-electron chi connectivity index (χ1n) is 5.37. The van der Waals surface area contributed by atoms with Crippen molar-refractivity contribution in [2.75, 3.05) is 6.54 Å². The van der Waals surface area contributed by atoms with Gasteiger partial charge in [0.15, 0.2) is 0 Å². The lowest BCUT2D eigenvalue weighted by Crippen LogP contribution is -2.35. The topological polar surface area (TPSA) is 12.0 Å². The van der Waals surface area contributed by atoms with E-state index in [1.165, 1.54) is 38.6 Å². The molecule has 1 N–H and O–H groups in total. The maximum atomic E-state index is 3.61. The third-order valence-electron chi connectivity index (χ3n) is 3.02. The van der Waals surface area contributed by atoms with Crippen molar-refractivity contribution in [2.24, 2.45) is 5.41 Å². The molecule has 0 spiro atoms. The maximum absolute atomic E-state index is 3.61. The molecule has 0 unspecified atom stereocenters. The van der Waals surface area contributed by atoms with Gasteiger partial charge in [-0.2, -0.15) is 0 Å². The SMILES string of the molecule is CCCNC1CCC(C)(C)CC1. The summed E-state index contributed by atoms with van der Waals surface area (Å²) < 4.78 is 0. The lowest BCUT2D eigenvalue weighted by atomic mass is 9.75. The van der Waals surface area contributed by atoms with Crippen LogP contribution in [0.4, 0.5) is 0 Å². The molecule has 0 radical (unpaired) electrons. The Kier molecular flexibility index (Phi) is 3.57. The highest BCUT2D eigenvalue weighted by atomic mass is 14.9. The van der Waals surface area contributed by atoms with Crippen LogP contribution in [0.1, 0.15) is 52.9 Å². The molecule has 1 rings (SSSR count). The Hall–Kier alpha value is -0.0400. The standard InChI is InChI=1S/C11H23N/c1-4-9-12-10-5-7-11(2,3)8-6-10/h10,12H,4-9H2,1-3H3. The molecular weight excluding hydrogens is 146 g/mol. The third-order valence-corrected chi connectivity index (χ3v) is 3.02. The molecule has 0 amide bonds. The lowest BCUT2D eigenvalue weighted by molar-refractivity contribution is 0.207. The van der Waals surface area contributed by atoms with Gasteiger partial charge in [0.2, 0.25) is 0 Å². The van der Waals surface area contributed by atoms with Gasteiger partial charge in [-0.25, -0.2) is 0 Å². The fourth-order valence-electron chi connectivity index (χ4n) is 1.95. The van der Waals surface area contributed by atoms with Crippen LogP contribution in [0.5, 0.6) is 0 Å². The molecule has 0 bridgehead atoms. The monoisotopic (exact) mass is 169 g/mol. The Morgan fingerprint density at radius 1 is 1.25 bits per heavy atom. The van der Waals surface area contributed by atoms with Crippen LogP contribution in [0.25, 0.3) is 0 Å². The summed E-state index contributed by atoms with van der Waals surface area (Å²) in [4.78, 5) is 0. The molecule has 72 valence electrons. The molecule has 0 atom stereocenters. The number of hydrogen-bond acceptors (Lipinski definition) is 1. The van der Waals surface area contributed by atoms with E-state index in [-0.39, 0.29) is 0 Å². The second-order valence-electron chi connectivity index (χ2n) is 4.89. The van der Waals surface area contributed by atoms with E-state index in [0.717, 1.165) is 6.04 Å². The molecule has 12 heavy (non-hydrogen) atoms. The van der Waals surface area contributed by atoms with Crippen LogP contribution in [-0.4, -0.2) is 12.6 Å². The fraction of sp³-hybridized carbons (Fsp3) is 1.00. The van der Waals surface area contributed by atoms with Gasteiger partial charge in [-0.05, 0) is 44.1 Å². The molecule has 0 aromatic carbocycles. The summed E-state index contributed by atoms with van der Waals surface area (Å²) in [6.07, 6.45) is 6.82. The zero-order valence-electron chi connectivity index (χ0n) is 8.82. The van der Waals surface area contributed by atoms with E-state index in [2.05, 4.69) is 26.1 Å². The second-order valence-corrected chi connectivity index (χ2v) is 4.89. The summed E-state index contributed by atoms with van der Waals surface area (Å²) in [5.74, 6) is 0. The zero-order chi connectivity index (χ0) is 9.03. The minimum absolute atomic E-state index is 0.615. The Balaban J connectivity index is 2.18. The molecule has 0 aromatic rings. The van der Waals surface area contributed by atoms with Crippen LogP contribution >= 0.6 is 0 Å². The average molecular weight is 169 g/mol. The summed E-state index contributed by atoms with van der Waals surface area (Å²) in [5.41, 5.74) is 0.615. The van der Waals surface area contributed by atoms with E-state index in [1.807, 2.05) is 0 Å². The van der Waals surface area contributed by atoms with Crippen LogP contribution in [0.2, 0.25) is 0 Å². The van der Waals surface area contributed by atoms with E-state index in [1.54, 1.807) is 0 Å². The average Bonchev–Trinajstić information content (AvgIpc) is 2.03. The molecule has 0 aliphatic heterocycles. The van der Waals surface area contributed by atoms with Crippen molar-refractivity contribution in [1.29, 1.82) is 0 Å². The molecule has 1 fully saturated rings. The molecule has 0 aromatic heterocycles. The third kappa shape index (κ3) is 3.14. The van der Waals surface area contributed by atoms with Crippen LogP contribution < -0.4 is 5.32 Å². The normalized spacial score (nSPS) is 24.2. The molecule has 1 nitrogen and oxygen atoms in total. The van der Waals surface area contributed by atoms with Gasteiger partial charge in [0.05, 0.1) is 0 Å². The summed E-state index contributed by atoms with van der Waals surface area (Å²) in [5, 5.41) is 3.61. The van der Waals surface area contributed by atoms with Gasteiger partial charge in [0.25, 0.3) is 0 Å². The number of rotatable bonds is 3. The quantitative estimate of drug-likeness (QED) is 0.685. The summed E-state index contributed by atoms with van der Waals surface area (Å²) >= 11 is 0. The van der Waals surface area contributed by atoms with E-state index >= 15 is 0 Å². The van der Waals surface area contributed by atoms with Crippen molar-refractivity contribution in [1.82, 2.24) is 5.32 Å². The van der Waals surface area contributed by atoms with Crippen LogP contribution in [0, 0.1) is 5.41 Å². The van der Waals surface area contributed by atoms with Gasteiger partial charge in [-0.1, -0.05) is 20.8 Å². The molecule has 1 aliphatic carbocycles. The van der Waals surface area contributed by atoms with E-state index in [4.69, 9.17) is 0 Å². The van der Waals surface area contributed by atoms with Crippen molar-refractivity contribution >= 4 is 0 Å². The van der Waals surface area contributed by atoms with E-state index < -0.39 is 0 Å². The van der Waals surface area contributed by atoms with E-state index in [9.17, 15) is 0 Å². The lowest BCUT2D eigenvalue weighted by Gasteiger charge is -2.34. The number of nitrogens with one attached hydrogen (secondary N) is 1. The Bertz CT molecular complexity index is 119. The van der Waals surface area contributed by atoms with Crippen molar-refractivity contribution < 1.29 is 0 Å². The summed E-state index contributed by atoms with van der Waals surface area (Å²) in [6.45, 7) is 8.22. The molecule has 0 saturated heterocycles. The minimum Gasteiger partial charge on any atom is -0.314 e. The molecule has 1 aliphatic rings. The fourth-order valence-corrected chi connectivity index (χ4v) is 1.95. The Labute approximate surface area is 76.9 Å². The smallest absolute Gasteiger partial charge is 0.00674 e. The van der Waals surface area contributed by atoms with Gasteiger partial charge in [-0.15, -0.1) is 0 Å². The van der Waals surface area contributed by atoms with Crippen LogP contribution in [-0.2, 0) is 0 Å². The highest BCUT2D eigenvalue weighted by Crippen LogP contribution is 2.34. The first-order valence-corrected chi connectivity index (χ1v) is 5.37. The van der Waals surface area contributed by atoms with Gasteiger partial charge >= 0.3 is 0 Å². The Morgan fingerprint density at radius 3 is 2.33 bits per heavy atom. The molecule has 0 heterocycles. The first-order chi connectivity index (χ1) is 5.64. The van der Waals surface area contributed by atoms with Gasteiger partial charge < -0.3 is 5.32 Å². The highest BCUT2D eigenvalue weighted by molar-refractivity contribution is 4.81. The van der Waals surface area contributed by atoms with Crippen molar-refractivity contribution in [3.8, 4) is 0 Å². The molecule has 1 heteroatoms. The van der Waals surface area contributed by atoms with Gasteiger partial charge in [0, 0.05) is 6.04 Å². The summed E-state index contributed by atoms with van der Waals surface area (Å²) in [6, 6.07) is 0.818. The predicted octanol–water partition coefficient (Wildman–Crippen LogP) is 2.95.